The van der Waals surface area contributed by atoms with Gasteiger partial charge in [-0.25, -0.2) is 0 Å². The van der Waals surface area contributed by atoms with E-state index in [0.29, 0.717) is 6.07 Å². The van der Waals surface area contributed by atoms with Gasteiger partial charge >= 0.3 is 12.5 Å². The molecule has 0 heterocycles. The van der Waals surface area contributed by atoms with Crippen LogP contribution in [0.2, 0.25) is 0 Å². The third-order valence-electron chi connectivity index (χ3n) is 2.08. The first-order chi connectivity index (χ1) is 8.54. The fourth-order valence-corrected chi connectivity index (χ4v) is 1.45. The van der Waals surface area contributed by atoms with Gasteiger partial charge in [-0.1, -0.05) is 0 Å². The fraction of sp³-hybridized carbons (Fsp3) is 0.455. The number of aryl methyl sites for hydroxylation is 1. The number of hydrogen-bond acceptors (Lipinski definition) is 2. The van der Waals surface area contributed by atoms with Gasteiger partial charge in [-0.05, 0) is 31.5 Å². The molecule has 1 aromatic rings. The number of halogens is 6. The lowest BCUT2D eigenvalue weighted by Gasteiger charge is -2.18. The van der Waals surface area contributed by atoms with Crippen LogP contribution in [0.25, 0.3) is 0 Å². The average molecular weight is 288 g/mol. The molecular weight excluding hydrogens is 278 g/mol. The number of hydrogen-bond donors (Lipinski definition) is 0. The van der Waals surface area contributed by atoms with Crippen LogP contribution in [0, 0.1) is 6.92 Å². The van der Waals surface area contributed by atoms with Crippen LogP contribution >= 0.6 is 0 Å². The van der Waals surface area contributed by atoms with Crippen LogP contribution in [0.1, 0.15) is 18.1 Å². The van der Waals surface area contributed by atoms with Gasteiger partial charge in [0.1, 0.15) is 17.1 Å². The molecule has 108 valence electrons. The molecule has 0 aliphatic rings. The molecule has 0 aliphatic carbocycles. The van der Waals surface area contributed by atoms with E-state index in [-0.39, 0.29) is 17.9 Å². The van der Waals surface area contributed by atoms with Crippen molar-refractivity contribution in [1.82, 2.24) is 0 Å². The third kappa shape index (κ3) is 4.22. The van der Waals surface area contributed by atoms with Crippen molar-refractivity contribution in [3.63, 3.8) is 0 Å². The Morgan fingerprint density at radius 3 is 2.05 bits per heavy atom. The highest BCUT2D eigenvalue weighted by Gasteiger charge is 2.40. The number of ether oxygens (including phenoxy) is 2. The normalized spacial score (nSPS) is 12.4. The summed E-state index contributed by atoms with van der Waals surface area (Å²) in [7, 11) is 0. The van der Waals surface area contributed by atoms with Crippen molar-refractivity contribution in [3.05, 3.63) is 23.3 Å². The summed E-state index contributed by atoms with van der Waals surface area (Å²) in [5, 5.41) is 0. The molecule has 0 aliphatic heterocycles. The molecule has 8 heteroatoms. The van der Waals surface area contributed by atoms with Crippen molar-refractivity contribution in [1.29, 1.82) is 0 Å². The van der Waals surface area contributed by atoms with Crippen LogP contribution in [0.3, 0.4) is 0 Å². The first kappa shape index (κ1) is 15.5. The predicted molar refractivity (Wildman–Crippen MR) is 54.0 cm³/mol. The Kier molecular flexibility index (Phi) is 4.21. The minimum Gasteiger partial charge on any atom is -0.494 e. The first-order valence-corrected chi connectivity index (χ1v) is 5.15. The predicted octanol–water partition coefficient (Wildman–Crippen LogP) is 4.31. The van der Waals surface area contributed by atoms with E-state index in [1.807, 2.05) is 0 Å². The van der Waals surface area contributed by atoms with Crippen molar-refractivity contribution in [3.8, 4) is 11.5 Å². The van der Waals surface area contributed by atoms with E-state index in [9.17, 15) is 26.3 Å². The molecule has 2 nitrogen and oxygen atoms in total. The zero-order chi connectivity index (χ0) is 14.8. The molecule has 0 radical (unpaired) electrons. The smallest absolute Gasteiger partial charge is 0.494 e. The fourth-order valence-electron chi connectivity index (χ4n) is 1.45. The van der Waals surface area contributed by atoms with Crippen molar-refractivity contribution in [2.45, 2.75) is 26.4 Å². The van der Waals surface area contributed by atoms with E-state index in [1.165, 1.54) is 0 Å². The van der Waals surface area contributed by atoms with Gasteiger partial charge in [-0.2, -0.15) is 13.2 Å². The maximum atomic E-state index is 12.7. The molecule has 0 saturated heterocycles. The Balaban J connectivity index is 3.35. The Morgan fingerprint density at radius 2 is 1.63 bits per heavy atom. The zero-order valence-corrected chi connectivity index (χ0v) is 9.95. The first-order valence-electron chi connectivity index (χ1n) is 5.15. The monoisotopic (exact) mass is 288 g/mol. The summed E-state index contributed by atoms with van der Waals surface area (Å²) in [4.78, 5) is 0. The van der Waals surface area contributed by atoms with Crippen LogP contribution in [-0.4, -0.2) is 13.0 Å². The summed E-state index contributed by atoms with van der Waals surface area (Å²) in [6.45, 7) is 2.72. The molecule has 0 bridgehead atoms. The van der Waals surface area contributed by atoms with Crippen molar-refractivity contribution >= 4 is 0 Å². The molecule has 19 heavy (non-hydrogen) atoms. The summed E-state index contributed by atoms with van der Waals surface area (Å²) in [6.07, 6.45) is -10.2. The number of benzene rings is 1. The lowest BCUT2D eigenvalue weighted by molar-refractivity contribution is -0.276. The van der Waals surface area contributed by atoms with Gasteiger partial charge in [0.05, 0.1) is 6.61 Å². The molecule has 0 amide bonds. The highest BCUT2D eigenvalue weighted by molar-refractivity contribution is 5.48. The summed E-state index contributed by atoms with van der Waals surface area (Å²) >= 11 is 0. The molecule has 0 saturated carbocycles. The number of alkyl halides is 6. The Morgan fingerprint density at radius 1 is 1.05 bits per heavy atom. The zero-order valence-electron chi connectivity index (χ0n) is 9.95. The lowest BCUT2D eigenvalue weighted by Crippen LogP contribution is -2.21. The SMILES string of the molecule is CCOc1cc(C)c(OC(F)(F)F)c(C(F)(F)F)c1. The second-order valence-electron chi connectivity index (χ2n) is 3.60. The Bertz CT molecular complexity index is 450. The molecular formula is C11H10F6O2. The standard InChI is InChI=1S/C11H10F6O2/c1-3-18-7-4-6(2)9(19-11(15,16)17)8(5-7)10(12,13)14/h4-5H,3H2,1-2H3. The van der Waals surface area contributed by atoms with E-state index < -0.39 is 23.9 Å². The van der Waals surface area contributed by atoms with Gasteiger partial charge in [0, 0.05) is 0 Å². The summed E-state index contributed by atoms with van der Waals surface area (Å²) in [6, 6.07) is 1.54. The van der Waals surface area contributed by atoms with Crippen LogP contribution in [-0.2, 0) is 6.18 Å². The maximum Gasteiger partial charge on any atom is 0.573 e. The van der Waals surface area contributed by atoms with Crippen LogP contribution in [0.5, 0.6) is 11.5 Å². The minimum absolute atomic E-state index is 0.0935. The van der Waals surface area contributed by atoms with Crippen LogP contribution in [0.4, 0.5) is 26.3 Å². The van der Waals surface area contributed by atoms with Crippen molar-refractivity contribution in [2.75, 3.05) is 6.61 Å². The molecule has 0 aromatic heterocycles. The summed E-state index contributed by atoms with van der Waals surface area (Å²) < 4.78 is 82.8. The molecule has 0 N–H and O–H groups in total. The van der Waals surface area contributed by atoms with Crippen LogP contribution in [0.15, 0.2) is 12.1 Å². The molecule has 0 unspecified atom stereocenters. The molecule has 0 atom stereocenters. The average Bonchev–Trinajstić information content (AvgIpc) is 2.18. The topological polar surface area (TPSA) is 18.5 Å². The quantitative estimate of drug-likeness (QED) is 0.771. The summed E-state index contributed by atoms with van der Waals surface area (Å²) in [5.74, 6) is -1.43. The second-order valence-corrected chi connectivity index (χ2v) is 3.60. The van der Waals surface area contributed by atoms with Gasteiger partial charge in [0.15, 0.2) is 0 Å². The Labute approximate surface area is 104 Å². The maximum absolute atomic E-state index is 12.7. The molecule has 1 aromatic carbocycles. The van der Waals surface area contributed by atoms with E-state index in [4.69, 9.17) is 4.74 Å². The van der Waals surface area contributed by atoms with E-state index in [2.05, 4.69) is 4.74 Å². The number of rotatable bonds is 3. The van der Waals surface area contributed by atoms with Crippen molar-refractivity contribution < 1.29 is 35.8 Å². The molecule has 1 rings (SSSR count). The van der Waals surface area contributed by atoms with Gasteiger partial charge in [0.25, 0.3) is 0 Å². The van der Waals surface area contributed by atoms with Crippen LogP contribution < -0.4 is 9.47 Å². The van der Waals surface area contributed by atoms with Gasteiger partial charge in [-0.3, -0.25) is 0 Å². The second kappa shape index (κ2) is 5.18. The van der Waals surface area contributed by atoms with Gasteiger partial charge in [0.2, 0.25) is 0 Å². The summed E-state index contributed by atoms with van der Waals surface area (Å²) in [5.41, 5.74) is -1.83. The lowest BCUT2D eigenvalue weighted by atomic mass is 10.1. The Hall–Kier alpha value is -1.60. The van der Waals surface area contributed by atoms with E-state index >= 15 is 0 Å². The minimum atomic E-state index is -5.20. The molecule has 0 spiro atoms. The third-order valence-corrected chi connectivity index (χ3v) is 2.08. The largest absolute Gasteiger partial charge is 0.573 e. The highest BCUT2D eigenvalue weighted by Crippen LogP contribution is 2.42. The van der Waals surface area contributed by atoms with Gasteiger partial charge in [-0.15, -0.1) is 13.2 Å². The van der Waals surface area contributed by atoms with E-state index in [0.717, 1.165) is 13.0 Å². The molecule has 0 fully saturated rings. The van der Waals surface area contributed by atoms with E-state index in [1.54, 1.807) is 6.92 Å². The van der Waals surface area contributed by atoms with Gasteiger partial charge < -0.3 is 9.47 Å². The highest BCUT2D eigenvalue weighted by atomic mass is 19.4. The van der Waals surface area contributed by atoms with Crippen molar-refractivity contribution in [2.24, 2.45) is 0 Å².